The Morgan fingerprint density at radius 1 is 1.20 bits per heavy atom. The summed E-state index contributed by atoms with van der Waals surface area (Å²) < 4.78 is 37.5. The Morgan fingerprint density at radius 2 is 1.87 bits per heavy atom. The van der Waals surface area contributed by atoms with E-state index in [1.807, 2.05) is 44.2 Å². The van der Waals surface area contributed by atoms with Crippen molar-refractivity contribution < 1.29 is 22.5 Å². The molecule has 7 nitrogen and oxygen atoms in total. The fraction of sp³-hybridized carbons (Fsp3) is 0.409. The van der Waals surface area contributed by atoms with Crippen LogP contribution in [-0.4, -0.2) is 50.5 Å². The third-order valence-corrected chi connectivity index (χ3v) is 6.15. The SMILES string of the molecule is CCN(CC)C(=O)c1ccc(C2NCCc3cc(OC)c(CS(=O)(=O)O)cc32)cc1. The number of ether oxygens (including phenoxy) is 1. The summed E-state index contributed by atoms with van der Waals surface area (Å²) in [5, 5.41) is 3.46. The molecule has 1 amide bonds. The molecule has 0 radical (unpaired) electrons. The normalized spacial score (nSPS) is 16.1. The molecule has 2 aromatic rings. The van der Waals surface area contributed by atoms with E-state index in [1.165, 1.54) is 7.11 Å². The highest BCUT2D eigenvalue weighted by atomic mass is 32.2. The summed E-state index contributed by atoms with van der Waals surface area (Å²) in [6.07, 6.45) is 0.785. The fourth-order valence-corrected chi connectivity index (χ4v) is 4.56. The van der Waals surface area contributed by atoms with Gasteiger partial charge in [-0.3, -0.25) is 9.35 Å². The molecule has 2 N–H and O–H groups in total. The molecule has 1 unspecified atom stereocenters. The van der Waals surface area contributed by atoms with E-state index in [0.29, 0.717) is 30.0 Å². The molecule has 2 aromatic carbocycles. The number of rotatable bonds is 7. The Hall–Kier alpha value is -2.42. The quantitative estimate of drug-likeness (QED) is 0.653. The van der Waals surface area contributed by atoms with Gasteiger partial charge in [-0.1, -0.05) is 12.1 Å². The second kappa shape index (κ2) is 9.16. The molecule has 0 bridgehead atoms. The van der Waals surface area contributed by atoms with E-state index in [0.717, 1.165) is 29.7 Å². The van der Waals surface area contributed by atoms with Crippen LogP contribution in [0, 0.1) is 0 Å². The number of benzene rings is 2. The average Bonchev–Trinajstić information content (AvgIpc) is 2.72. The summed E-state index contributed by atoms with van der Waals surface area (Å²) in [5.74, 6) is -0.0519. The van der Waals surface area contributed by atoms with Gasteiger partial charge in [-0.25, -0.2) is 0 Å². The predicted octanol–water partition coefficient (Wildman–Crippen LogP) is 2.80. The minimum Gasteiger partial charge on any atom is -0.496 e. The zero-order valence-electron chi connectivity index (χ0n) is 17.5. The van der Waals surface area contributed by atoms with Crippen molar-refractivity contribution in [3.8, 4) is 5.75 Å². The number of amides is 1. The van der Waals surface area contributed by atoms with E-state index in [-0.39, 0.29) is 11.9 Å². The first-order chi connectivity index (χ1) is 14.3. The number of hydrogen-bond acceptors (Lipinski definition) is 5. The van der Waals surface area contributed by atoms with E-state index < -0.39 is 15.9 Å². The fourth-order valence-electron chi connectivity index (χ4n) is 3.94. The Kier molecular flexibility index (Phi) is 6.80. The number of hydrogen-bond donors (Lipinski definition) is 2. The summed E-state index contributed by atoms with van der Waals surface area (Å²) in [7, 11) is -2.70. The van der Waals surface area contributed by atoms with Gasteiger partial charge in [0.15, 0.2) is 0 Å². The van der Waals surface area contributed by atoms with Crippen LogP contribution in [-0.2, 0) is 22.3 Å². The van der Waals surface area contributed by atoms with Crippen LogP contribution >= 0.6 is 0 Å². The Balaban J connectivity index is 1.96. The Bertz CT molecular complexity index is 1010. The van der Waals surface area contributed by atoms with E-state index >= 15 is 0 Å². The molecule has 1 atom stereocenters. The number of nitrogens with zero attached hydrogens (tertiary/aromatic N) is 1. The molecule has 8 heteroatoms. The van der Waals surface area contributed by atoms with Gasteiger partial charge in [0.2, 0.25) is 0 Å². The van der Waals surface area contributed by atoms with Gasteiger partial charge < -0.3 is 15.0 Å². The van der Waals surface area contributed by atoms with Crippen molar-refractivity contribution in [3.63, 3.8) is 0 Å². The second-order valence-corrected chi connectivity index (χ2v) is 8.78. The molecule has 0 aliphatic carbocycles. The standard InChI is InChI=1S/C22H28N2O5S/c1-4-24(5-2)22(25)16-8-6-15(7-9-16)21-19-12-18(14-30(26,27)28)20(29-3)13-17(19)10-11-23-21/h6-9,12-13,21,23H,4-5,10-11,14H2,1-3H3,(H,26,27,28). The molecule has 1 aliphatic heterocycles. The van der Waals surface area contributed by atoms with Crippen LogP contribution in [0.5, 0.6) is 5.75 Å². The van der Waals surface area contributed by atoms with Crippen molar-refractivity contribution in [1.82, 2.24) is 10.2 Å². The molecular formula is C22H28N2O5S. The summed E-state index contributed by atoms with van der Waals surface area (Å²) in [6, 6.07) is 11.0. The lowest BCUT2D eigenvalue weighted by Gasteiger charge is -2.29. The van der Waals surface area contributed by atoms with Crippen LogP contribution < -0.4 is 10.1 Å². The topological polar surface area (TPSA) is 95.9 Å². The monoisotopic (exact) mass is 432 g/mol. The summed E-state index contributed by atoms with van der Waals surface area (Å²) in [6.45, 7) is 5.99. The maximum Gasteiger partial charge on any atom is 0.269 e. The van der Waals surface area contributed by atoms with Gasteiger partial charge in [0.1, 0.15) is 11.5 Å². The molecular weight excluding hydrogens is 404 g/mol. The van der Waals surface area contributed by atoms with Crippen LogP contribution in [0.4, 0.5) is 0 Å². The molecule has 30 heavy (non-hydrogen) atoms. The highest BCUT2D eigenvalue weighted by Crippen LogP contribution is 2.34. The van der Waals surface area contributed by atoms with Gasteiger partial charge in [-0.15, -0.1) is 0 Å². The van der Waals surface area contributed by atoms with Crippen LogP contribution in [0.3, 0.4) is 0 Å². The molecule has 0 saturated carbocycles. The third kappa shape index (κ3) is 4.83. The van der Waals surface area contributed by atoms with Crippen molar-refractivity contribution in [1.29, 1.82) is 0 Å². The lowest BCUT2D eigenvalue weighted by atomic mass is 9.88. The maximum absolute atomic E-state index is 12.6. The zero-order chi connectivity index (χ0) is 21.9. The van der Waals surface area contributed by atoms with Gasteiger partial charge in [0, 0.05) is 30.8 Å². The lowest BCUT2D eigenvalue weighted by molar-refractivity contribution is 0.0773. The van der Waals surface area contributed by atoms with Crippen molar-refractivity contribution in [2.75, 3.05) is 26.7 Å². The third-order valence-electron chi connectivity index (χ3n) is 5.48. The summed E-state index contributed by atoms with van der Waals surface area (Å²) >= 11 is 0. The number of nitrogens with one attached hydrogen (secondary N) is 1. The van der Waals surface area contributed by atoms with Gasteiger partial charge in [0.05, 0.1) is 13.2 Å². The number of carbonyl (C=O) groups excluding carboxylic acids is 1. The minimum absolute atomic E-state index is 0.00345. The van der Waals surface area contributed by atoms with E-state index in [2.05, 4.69) is 5.32 Å². The van der Waals surface area contributed by atoms with Crippen LogP contribution in [0.15, 0.2) is 36.4 Å². The highest BCUT2D eigenvalue weighted by Gasteiger charge is 2.25. The van der Waals surface area contributed by atoms with Crippen molar-refractivity contribution in [2.45, 2.75) is 32.1 Å². The van der Waals surface area contributed by atoms with Crippen molar-refractivity contribution in [3.05, 3.63) is 64.2 Å². The van der Waals surface area contributed by atoms with Crippen molar-refractivity contribution >= 4 is 16.0 Å². The van der Waals surface area contributed by atoms with E-state index in [1.54, 1.807) is 11.0 Å². The molecule has 0 saturated heterocycles. The molecule has 0 fully saturated rings. The first-order valence-corrected chi connectivity index (χ1v) is 11.7. The Morgan fingerprint density at radius 3 is 2.43 bits per heavy atom. The van der Waals surface area contributed by atoms with Gasteiger partial charge in [-0.05, 0) is 61.2 Å². The highest BCUT2D eigenvalue weighted by molar-refractivity contribution is 7.85. The molecule has 0 aromatic heterocycles. The maximum atomic E-state index is 12.6. The summed E-state index contributed by atoms with van der Waals surface area (Å²) in [4.78, 5) is 14.3. The van der Waals surface area contributed by atoms with Crippen molar-refractivity contribution in [2.24, 2.45) is 0 Å². The smallest absolute Gasteiger partial charge is 0.269 e. The van der Waals surface area contributed by atoms with Gasteiger partial charge in [-0.2, -0.15) is 8.42 Å². The second-order valence-electron chi connectivity index (χ2n) is 7.33. The Labute approximate surface area is 177 Å². The molecule has 3 rings (SSSR count). The molecule has 162 valence electrons. The predicted molar refractivity (Wildman–Crippen MR) is 115 cm³/mol. The molecule has 1 aliphatic rings. The first-order valence-electron chi connectivity index (χ1n) is 10.0. The van der Waals surface area contributed by atoms with Gasteiger partial charge >= 0.3 is 0 Å². The number of fused-ring (bicyclic) bond motifs is 1. The minimum atomic E-state index is -4.19. The van der Waals surface area contributed by atoms with E-state index in [9.17, 15) is 17.8 Å². The first kappa shape index (κ1) is 22.3. The van der Waals surface area contributed by atoms with Crippen LogP contribution in [0.1, 0.15) is 52.5 Å². The molecule has 0 spiro atoms. The van der Waals surface area contributed by atoms with Crippen LogP contribution in [0.25, 0.3) is 0 Å². The summed E-state index contributed by atoms with van der Waals surface area (Å²) in [5.41, 5.74) is 4.05. The zero-order valence-corrected chi connectivity index (χ0v) is 18.3. The molecule has 1 heterocycles. The number of carbonyl (C=O) groups is 1. The van der Waals surface area contributed by atoms with Crippen LogP contribution in [0.2, 0.25) is 0 Å². The van der Waals surface area contributed by atoms with Gasteiger partial charge in [0.25, 0.3) is 16.0 Å². The average molecular weight is 433 g/mol. The largest absolute Gasteiger partial charge is 0.496 e. The van der Waals surface area contributed by atoms with E-state index in [4.69, 9.17) is 4.74 Å². The lowest BCUT2D eigenvalue weighted by Crippen LogP contribution is -2.31. The number of methoxy groups -OCH3 is 1.